The Morgan fingerprint density at radius 2 is 1.90 bits per heavy atom. The summed E-state index contributed by atoms with van der Waals surface area (Å²) in [4.78, 5) is 22.9. The van der Waals surface area contributed by atoms with Gasteiger partial charge in [0.15, 0.2) is 5.82 Å². The number of carboxylic acid groups (broad SMARTS) is 1. The topological polar surface area (TPSA) is 95.1 Å². The van der Waals surface area contributed by atoms with Crippen molar-refractivity contribution in [1.82, 2.24) is 10.2 Å². The number of nitrogens with zero attached hydrogens (tertiary/aromatic N) is 1. The van der Waals surface area contributed by atoms with Gasteiger partial charge in [0.25, 0.3) is 0 Å². The Bertz CT molecular complexity index is 653. The molecule has 0 fully saturated rings. The van der Waals surface area contributed by atoms with Crippen molar-refractivity contribution in [2.45, 2.75) is 12.8 Å². The quantitative estimate of drug-likeness (QED) is 0.787. The lowest BCUT2D eigenvalue weighted by molar-refractivity contribution is -0.119. The van der Waals surface area contributed by atoms with Crippen molar-refractivity contribution in [3.05, 3.63) is 47.2 Å². The van der Waals surface area contributed by atoms with Gasteiger partial charge in [0, 0.05) is 12.0 Å². The normalized spacial score (nSPS) is 14.0. The summed E-state index contributed by atoms with van der Waals surface area (Å²) in [6, 6.07) is 9.29. The summed E-state index contributed by atoms with van der Waals surface area (Å²) in [5.41, 5.74) is 2.34. The van der Waals surface area contributed by atoms with Gasteiger partial charge in [-0.15, -0.1) is 0 Å². The van der Waals surface area contributed by atoms with Crippen LogP contribution in [0.4, 0.5) is 5.82 Å². The number of hydrogen-bond acceptors (Lipinski definition) is 3. The number of hydrogen-bond donors (Lipinski definition) is 3. The summed E-state index contributed by atoms with van der Waals surface area (Å²) in [6.07, 6.45) is 1.41. The summed E-state index contributed by atoms with van der Waals surface area (Å²) < 4.78 is 0. The van der Waals surface area contributed by atoms with Crippen LogP contribution in [0, 0.1) is 5.92 Å². The largest absolute Gasteiger partial charge is 0.477 e. The molecule has 0 unspecified atom stereocenters. The third kappa shape index (κ3) is 2.27. The Labute approximate surface area is 114 Å². The third-order valence-corrected chi connectivity index (χ3v) is 3.48. The Morgan fingerprint density at radius 3 is 2.45 bits per heavy atom. The van der Waals surface area contributed by atoms with E-state index in [2.05, 4.69) is 15.5 Å². The average Bonchev–Trinajstić information content (AvgIpc) is 3.04. The molecule has 1 heterocycles. The zero-order chi connectivity index (χ0) is 14.1. The molecular weight excluding hydrogens is 258 g/mol. The molecule has 0 atom stereocenters. The van der Waals surface area contributed by atoms with Gasteiger partial charge in [-0.1, -0.05) is 24.3 Å². The van der Waals surface area contributed by atoms with Crippen molar-refractivity contribution in [1.29, 1.82) is 0 Å². The molecule has 0 spiro atoms. The number of H-pyrrole nitrogens is 1. The Kier molecular flexibility index (Phi) is 2.98. The minimum Gasteiger partial charge on any atom is -0.477 e. The maximum Gasteiger partial charge on any atom is 0.353 e. The van der Waals surface area contributed by atoms with Crippen molar-refractivity contribution >= 4 is 17.7 Å². The van der Waals surface area contributed by atoms with E-state index in [1.165, 1.54) is 17.2 Å². The van der Waals surface area contributed by atoms with E-state index in [1.807, 2.05) is 24.3 Å². The molecule has 2 aromatic rings. The summed E-state index contributed by atoms with van der Waals surface area (Å²) in [5.74, 6) is -1.13. The van der Waals surface area contributed by atoms with Gasteiger partial charge in [-0.3, -0.25) is 9.89 Å². The molecule has 0 saturated carbocycles. The van der Waals surface area contributed by atoms with E-state index in [1.54, 1.807) is 0 Å². The highest BCUT2D eigenvalue weighted by molar-refractivity contribution is 5.94. The number of carbonyl (C=O) groups is 2. The lowest BCUT2D eigenvalue weighted by atomic mass is 10.1. The Hall–Kier alpha value is -2.63. The maximum absolute atomic E-state index is 12.1. The third-order valence-electron chi connectivity index (χ3n) is 3.48. The van der Waals surface area contributed by atoms with Crippen molar-refractivity contribution in [2.75, 3.05) is 5.32 Å². The number of carbonyl (C=O) groups excluding carboxylic acids is 1. The standard InChI is InChI=1S/C14H13N3O3/c18-13(15-12-7-11(14(19)20)16-17-12)10-5-8-3-1-2-4-9(8)6-10/h1-4,7,10H,5-6H2,(H,19,20)(H2,15,16,17,18). The predicted molar refractivity (Wildman–Crippen MR) is 71.5 cm³/mol. The number of aromatic carboxylic acids is 1. The number of amides is 1. The van der Waals surface area contributed by atoms with Crippen LogP contribution in [0.5, 0.6) is 0 Å². The van der Waals surface area contributed by atoms with Crippen LogP contribution in [-0.4, -0.2) is 27.2 Å². The second kappa shape index (κ2) is 4.80. The molecule has 1 aliphatic carbocycles. The molecular formula is C14H13N3O3. The molecule has 1 aromatic heterocycles. The van der Waals surface area contributed by atoms with Crippen LogP contribution >= 0.6 is 0 Å². The van der Waals surface area contributed by atoms with Crippen molar-refractivity contribution < 1.29 is 14.7 Å². The smallest absolute Gasteiger partial charge is 0.353 e. The summed E-state index contributed by atoms with van der Waals surface area (Å²) >= 11 is 0. The molecule has 102 valence electrons. The fourth-order valence-electron chi connectivity index (χ4n) is 2.47. The number of aromatic nitrogens is 2. The second-order valence-electron chi connectivity index (χ2n) is 4.84. The molecule has 1 aliphatic rings. The first-order chi connectivity index (χ1) is 9.63. The highest BCUT2D eigenvalue weighted by atomic mass is 16.4. The van der Waals surface area contributed by atoms with Gasteiger partial charge in [-0.25, -0.2) is 4.79 Å². The molecule has 1 amide bonds. The summed E-state index contributed by atoms with van der Waals surface area (Å²) in [5, 5.41) is 17.5. The molecule has 6 heteroatoms. The first kappa shape index (κ1) is 12.4. The average molecular weight is 271 g/mol. The van der Waals surface area contributed by atoms with Crippen LogP contribution < -0.4 is 5.32 Å². The number of nitrogens with one attached hydrogen (secondary N) is 2. The van der Waals surface area contributed by atoms with Crippen molar-refractivity contribution in [3.8, 4) is 0 Å². The van der Waals surface area contributed by atoms with Crippen LogP contribution in [0.25, 0.3) is 0 Å². The molecule has 0 aliphatic heterocycles. The summed E-state index contributed by atoms with van der Waals surface area (Å²) in [7, 11) is 0. The van der Waals surface area contributed by atoms with Crippen LogP contribution in [0.1, 0.15) is 21.6 Å². The first-order valence-corrected chi connectivity index (χ1v) is 6.30. The molecule has 3 rings (SSSR count). The van der Waals surface area contributed by atoms with Crippen LogP contribution in [0.2, 0.25) is 0 Å². The molecule has 6 nitrogen and oxygen atoms in total. The molecule has 1 aromatic carbocycles. The minimum absolute atomic E-state index is 0.0463. The first-order valence-electron chi connectivity index (χ1n) is 6.30. The highest BCUT2D eigenvalue weighted by Crippen LogP contribution is 2.27. The summed E-state index contributed by atoms with van der Waals surface area (Å²) in [6.45, 7) is 0. The lowest BCUT2D eigenvalue weighted by Gasteiger charge is -2.07. The molecule has 0 saturated heterocycles. The van der Waals surface area contributed by atoms with Gasteiger partial charge < -0.3 is 10.4 Å². The van der Waals surface area contributed by atoms with Crippen molar-refractivity contribution in [3.63, 3.8) is 0 Å². The fraction of sp³-hybridized carbons (Fsp3) is 0.214. The minimum atomic E-state index is -1.11. The van der Waals surface area contributed by atoms with E-state index in [0.717, 1.165) is 0 Å². The zero-order valence-corrected chi connectivity index (χ0v) is 10.6. The van der Waals surface area contributed by atoms with Gasteiger partial charge >= 0.3 is 5.97 Å². The zero-order valence-electron chi connectivity index (χ0n) is 10.6. The van der Waals surface area contributed by atoms with Gasteiger partial charge in [0.2, 0.25) is 5.91 Å². The lowest BCUT2D eigenvalue weighted by Crippen LogP contribution is -2.23. The van der Waals surface area contributed by atoms with Crippen LogP contribution in [-0.2, 0) is 17.6 Å². The highest BCUT2D eigenvalue weighted by Gasteiger charge is 2.27. The molecule has 3 N–H and O–H groups in total. The van der Waals surface area contributed by atoms with Gasteiger partial charge in [-0.05, 0) is 24.0 Å². The van der Waals surface area contributed by atoms with Gasteiger partial charge in [0.1, 0.15) is 5.69 Å². The van der Waals surface area contributed by atoms with E-state index in [9.17, 15) is 9.59 Å². The molecule has 0 radical (unpaired) electrons. The van der Waals surface area contributed by atoms with E-state index >= 15 is 0 Å². The number of benzene rings is 1. The van der Waals surface area contributed by atoms with E-state index in [0.29, 0.717) is 12.8 Å². The van der Waals surface area contributed by atoms with Crippen LogP contribution in [0.3, 0.4) is 0 Å². The monoisotopic (exact) mass is 271 g/mol. The Morgan fingerprint density at radius 1 is 1.25 bits per heavy atom. The Balaban J connectivity index is 1.67. The maximum atomic E-state index is 12.1. The predicted octanol–water partition coefficient (Wildman–Crippen LogP) is 1.46. The van der Waals surface area contributed by atoms with Gasteiger partial charge in [0.05, 0.1) is 0 Å². The van der Waals surface area contributed by atoms with E-state index < -0.39 is 5.97 Å². The number of rotatable bonds is 3. The number of anilines is 1. The van der Waals surface area contributed by atoms with Crippen molar-refractivity contribution in [2.24, 2.45) is 5.92 Å². The molecule has 20 heavy (non-hydrogen) atoms. The van der Waals surface area contributed by atoms with E-state index in [-0.39, 0.29) is 23.3 Å². The number of fused-ring (bicyclic) bond motifs is 1. The second-order valence-corrected chi connectivity index (χ2v) is 4.84. The molecule has 0 bridgehead atoms. The fourth-order valence-corrected chi connectivity index (χ4v) is 2.47. The van der Waals surface area contributed by atoms with Gasteiger partial charge in [-0.2, -0.15) is 5.10 Å². The van der Waals surface area contributed by atoms with E-state index in [4.69, 9.17) is 5.11 Å². The number of aromatic amines is 1. The number of carboxylic acids is 1. The van der Waals surface area contributed by atoms with Crippen LogP contribution in [0.15, 0.2) is 30.3 Å². The SMILES string of the molecule is O=C(O)c1cc(NC(=O)C2Cc3ccccc3C2)n[nH]1.